The summed E-state index contributed by atoms with van der Waals surface area (Å²) in [6.07, 6.45) is -9.57. The number of aliphatic hydroxyl groups is 12. The van der Waals surface area contributed by atoms with Crippen molar-refractivity contribution in [2.24, 2.45) is 57.4 Å². The first-order valence-corrected chi connectivity index (χ1v) is 28.1. The topological polar surface area (TPSA) is 372 Å². The Morgan fingerprint density at radius 1 is 0.693 bits per heavy atom. The molecule has 20 nitrogen and oxygen atoms in total. The van der Waals surface area contributed by atoms with Gasteiger partial charge in [0.2, 0.25) is 6.29 Å². The van der Waals surface area contributed by atoms with Crippen molar-refractivity contribution in [1.29, 1.82) is 0 Å². The Kier molecular flexibility index (Phi) is 32.2. The third-order valence-electron chi connectivity index (χ3n) is 15.9. The van der Waals surface area contributed by atoms with Crippen molar-refractivity contribution < 1.29 is 85.7 Å². The summed E-state index contributed by atoms with van der Waals surface area (Å²) in [6.45, 7) is 15.8. The number of Topliss-reactive ketones (excluding diaryl/α,β-unsaturated/α-hetero) is 1. The van der Waals surface area contributed by atoms with Crippen molar-refractivity contribution in [1.82, 2.24) is 0 Å². The van der Waals surface area contributed by atoms with E-state index in [-0.39, 0.29) is 80.4 Å². The van der Waals surface area contributed by atoms with Crippen molar-refractivity contribution >= 4 is 11.7 Å². The lowest BCUT2D eigenvalue weighted by molar-refractivity contribution is -0.368. The van der Waals surface area contributed by atoms with Crippen LogP contribution in [0.4, 0.5) is 0 Å². The Hall–Kier alpha value is -1.96. The third-order valence-corrected chi connectivity index (χ3v) is 15.9. The lowest BCUT2D eigenvalue weighted by Gasteiger charge is -2.39. The number of allylic oxidation sites excluding steroid dienone is 2. The molecule has 1 aliphatic heterocycles. The first kappa shape index (κ1) is 69.1. The number of aliphatic imine (C=N–C) groups is 1. The maximum atomic E-state index is 14.6. The van der Waals surface area contributed by atoms with Gasteiger partial charge in [0.15, 0.2) is 12.2 Å². The van der Waals surface area contributed by atoms with Crippen molar-refractivity contribution in [3.05, 3.63) is 11.6 Å². The van der Waals surface area contributed by atoms with Crippen LogP contribution in [-0.4, -0.2) is 177 Å². The van der Waals surface area contributed by atoms with Crippen molar-refractivity contribution in [2.75, 3.05) is 6.54 Å². The van der Waals surface area contributed by atoms with Gasteiger partial charge in [-0.15, -0.1) is 0 Å². The van der Waals surface area contributed by atoms with Gasteiger partial charge in [-0.2, -0.15) is 0 Å². The van der Waals surface area contributed by atoms with Gasteiger partial charge in [-0.3, -0.25) is 9.79 Å². The maximum absolute atomic E-state index is 14.6. The summed E-state index contributed by atoms with van der Waals surface area (Å²) in [5.74, 6) is -2.42. The molecule has 1 fully saturated rings. The first-order chi connectivity index (χ1) is 35.0. The molecule has 0 bridgehead atoms. The van der Waals surface area contributed by atoms with Crippen molar-refractivity contribution in [3.8, 4) is 0 Å². The first-order valence-electron chi connectivity index (χ1n) is 28.1. The van der Waals surface area contributed by atoms with E-state index in [2.05, 4.69) is 16.0 Å². The highest BCUT2D eigenvalue weighted by molar-refractivity contribution is 5.82. The highest BCUT2D eigenvalue weighted by Gasteiger charge is 2.47. The number of rotatable bonds is 9. The normalized spacial score (nSPS) is 39.5. The van der Waals surface area contributed by atoms with E-state index in [0.29, 0.717) is 83.6 Å². The average molecular weight is 1080 g/mol. The Morgan fingerprint density at radius 2 is 1.24 bits per heavy atom. The second kappa shape index (κ2) is 34.9. The molecule has 21 atom stereocenters. The van der Waals surface area contributed by atoms with Gasteiger partial charge < -0.3 is 82.2 Å². The van der Waals surface area contributed by atoms with Crippen LogP contribution in [0.3, 0.4) is 0 Å². The molecule has 0 amide bonds. The molecule has 0 saturated carbocycles. The van der Waals surface area contributed by atoms with E-state index in [9.17, 15) is 66.1 Å². The summed E-state index contributed by atoms with van der Waals surface area (Å²) in [4.78, 5) is 22.7. The Balaban J connectivity index is 2.33. The zero-order valence-corrected chi connectivity index (χ0v) is 46.6. The van der Waals surface area contributed by atoms with E-state index < -0.39 is 109 Å². The van der Waals surface area contributed by atoms with Crippen LogP contribution in [0.2, 0.25) is 0 Å². The minimum atomic E-state index is -1.69. The molecule has 0 aromatic carbocycles. The molecule has 0 aromatic heterocycles. The molecule has 75 heavy (non-hydrogen) atoms. The molecule has 0 radical (unpaired) electrons. The van der Waals surface area contributed by atoms with E-state index in [4.69, 9.17) is 26.2 Å². The lowest BCUT2D eigenvalue weighted by Crippen LogP contribution is -2.43. The van der Waals surface area contributed by atoms with E-state index in [0.717, 1.165) is 12.0 Å². The van der Waals surface area contributed by atoms with Gasteiger partial charge in [0.25, 0.3) is 0 Å². The Labute approximate surface area is 447 Å². The number of nitrogens with zero attached hydrogens (tertiary/aromatic N) is 1. The van der Waals surface area contributed by atoms with Gasteiger partial charge >= 0.3 is 0 Å². The second-order valence-electron chi connectivity index (χ2n) is 23.9. The third kappa shape index (κ3) is 25.8. The Morgan fingerprint density at radius 3 is 1.81 bits per heavy atom. The van der Waals surface area contributed by atoms with Crippen LogP contribution in [-0.2, 0) is 19.2 Å². The van der Waals surface area contributed by atoms with Crippen LogP contribution in [0, 0.1) is 40.9 Å². The van der Waals surface area contributed by atoms with Crippen LogP contribution in [0.15, 0.2) is 16.6 Å². The molecule has 1 aliphatic carbocycles. The van der Waals surface area contributed by atoms with E-state index in [1.807, 2.05) is 48.5 Å². The van der Waals surface area contributed by atoms with E-state index in [1.54, 1.807) is 6.92 Å². The summed E-state index contributed by atoms with van der Waals surface area (Å²) in [5.41, 5.74) is 11.5. The smallest absolute Gasteiger partial charge is 0.222 e. The fourth-order valence-corrected chi connectivity index (χ4v) is 11.2. The zero-order chi connectivity index (χ0) is 56.7. The molecule has 0 aromatic rings. The van der Waals surface area contributed by atoms with Crippen molar-refractivity contribution in [3.63, 3.8) is 0 Å². The zero-order valence-electron chi connectivity index (χ0n) is 46.6. The number of hydrogen-bond donors (Lipinski definition) is 15. The summed E-state index contributed by atoms with van der Waals surface area (Å²) in [7, 11) is 0. The number of nitrogens with two attached hydrogens (primary N) is 2. The van der Waals surface area contributed by atoms with Gasteiger partial charge in [0.05, 0.1) is 67.1 Å². The van der Waals surface area contributed by atoms with Crippen LogP contribution >= 0.6 is 0 Å². The fraction of sp³-hybridized carbons (Fsp3) is 0.927. The van der Waals surface area contributed by atoms with Crippen LogP contribution in [0.1, 0.15) is 184 Å². The largest absolute Gasteiger partial charge is 0.393 e. The average Bonchev–Trinajstić information content (AvgIpc) is 3.58. The molecule has 442 valence electrons. The molecule has 20 heteroatoms. The predicted octanol–water partition coefficient (Wildman–Crippen LogP) is 3.30. The molecular formula is C55H105N3O17. The molecule has 1 saturated heterocycles. The summed E-state index contributed by atoms with van der Waals surface area (Å²) < 4.78 is 11.2. The Bertz CT molecular complexity index is 1620. The summed E-state index contributed by atoms with van der Waals surface area (Å²) in [6, 6.07) is 0. The van der Waals surface area contributed by atoms with Gasteiger partial charge in [0.1, 0.15) is 18.0 Å². The van der Waals surface area contributed by atoms with Crippen LogP contribution < -0.4 is 11.5 Å². The fourth-order valence-electron chi connectivity index (χ4n) is 11.2. The minimum Gasteiger partial charge on any atom is -0.393 e. The number of aliphatic hydroxyl groups excluding tert-OH is 12. The minimum absolute atomic E-state index is 0.0162. The van der Waals surface area contributed by atoms with E-state index >= 15 is 0 Å². The number of carbonyl (C=O) groups is 1. The second-order valence-corrected chi connectivity index (χ2v) is 23.9. The lowest BCUT2D eigenvalue weighted by atomic mass is 9.67. The van der Waals surface area contributed by atoms with Crippen LogP contribution in [0.5, 0.6) is 0 Å². The predicted molar refractivity (Wildman–Crippen MR) is 284 cm³/mol. The molecule has 2 aliphatic rings. The highest BCUT2D eigenvalue weighted by Crippen LogP contribution is 2.39. The standard InChI is InChI=1S/C55H105N3O17/c1-31-14-9-10-15-38(61)26-39(62)27-40(63)28-41(64)29-45(67)47(73-52-50(70)51(71)53(74-52)75-72)25-34(4)43(65)19-12-18-36(59)16-11-17-37(60)22-21-32(2)49(69)48(55(6,7)8)46(68)30-42(33(3)24-31)35(5)44(66)20-13-23-58-54(56)57/h24,32-45,47-53,59-67,69-72H,9-23,25-30H2,1-8H3,(H4,56,57,58)/b31-24+. The van der Waals surface area contributed by atoms with Crippen LogP contribution in [0.25, 0.3) is 0 Å². The number of hydrogen-bond acceptors (Lipinski definition) is 18. The summed E-state index contributed by atoms with van der Waals surface area (Å²) >= 11 is 0. The molecule has 2 rings (SSSR count). The van der Waals surface area contributed by atoms with E-state index in [1.165, 1.54) is 0 Å². The van der Waals surface area contributed by atoms with Gasteiger partial charge in [-0.1, -0.05) is 66.5 Å². The molecular weight excluding hydrogens is 975 g/mol. The molecule has 21 unspecified atom stereocenters. The number of ketones is 1. The maximum Gasteiger partial charge on any atom is 0.222 e. The monoisotopic (exact) mass is 1080 g/mol. The summed E-state index contributed by atoms with van der Waals surface area (Å²) in [5, 5.41) is 141. The quantitative estimate of drug-likeness (QED) is 0.0393. The van der Waals surface area contributed by atoms with Gasteiger partial charge in [0, 0.05) is 25.3 Å². The highest BCUT2D eigenvalue weighted by atomic mass is 17.1. The molecule has 1 heterocycles. The van der Waals surface area contributed by atoms with Gasteiger partial charge in [-0.05, 0) is 151 Å². The van der Waals surface area contributed by atoms with Gasteiger partial charge in [-0.25, -0.2) is 10.1 Å². The molecule has 17 N–H and O–H groups in total. The number of carbonyl (C=O) groups excluding carboxylic acids is 1. The number of ether oxygens (including phenoxy) is 2. The number of guanidine groups is 1. The van der Waals surface area contributed by atoms with Crippen molar-refractivity contribution in [2.45, 2.75) is 276 Å². The molecule has 0 spiro atoms. The SMILES string of the molecule is C/C1=C\C(C)C(C(C)C(O)CCCN=C(N)N)CC(=O)C(C(C)(C)C)C(O)C(C)CCC(O)CCCC(O)CCCC(O)C(C)CC(OC2OC(OO)C(O)C2O)C(O)CC(O)CC(O)CC(O)CC(O)CCCC1.